The van der Waals surface area contributed by atoms with Gasteiger partial charge in [0, 0.05) is 38.9 Å². The van der Waals surface area contributed by atoms with Crippen molar-refractivity contribution in [1.82, 2.24) is 15.6 Å². The topological polar surface area (TPSA) is 61.3 Å². The molecule has 0 aliphatic rings. The molecule has 9 heteroatoms. The molecule has 0 amide bonds. The van der Waals surface area contributed by atoms with E-state index < -0.39 is 3.79 Å². The Kier molecular flexibility index (Phi) is 9.89. The Morgan fingerprint density at radius 3 is 2.42 bits per heavy atom. The third-order valence-corrected chi connectivity index (χ3v) is 4.34. The smallest absolute Gasteiger partial charge is 0.217 e. The van der Waals surface area contributed by atoms with E-state index in [2.05, 4.69) is 25.9 Å². The van der Waals surface area contributed by atoms with Crippen LogP contribution in [-0.4, -0.2) is 38.1 Å². The first-order valence-corrected chi connectivity index (χ1v) is 9.25. The predicted octanol–water partition coefficient (Wildman–Crippen LogP) is 4.33. The zero-order chi connectivity index (χ0) is 18.0. The van der Waals surface area contributed by atoms with Gasteiger partial charge in [0.1, 0.15) is 5.82 Å². The fourth-order valence-corrected chi connectivity index (χ4v) is 3.02. The van der Waals surface area contributed by atoms with Crippen molar-refractivity contribution >= 4 is 58.2 Å². The number of halogens is 4. The van der Waals surface area contributed by atoms with Crippen molar-refractivity contribution in [1.29, 1.82) is 0 Å². The number of pyridine rings is 1. The summed E-state index contributed by atoms with van der Waals surface area (Å²) >= 11 is 23.9. The molecule has 0 spiro atoms. The summed E-state index contributed by atoms with van der Waals surface area (Å²) in [5.41, 5.74) is 0.427. The fourth-order valence-electron chi connectivity index (χ4n) is 2.08. The molecule has 0 bridgehead atoms. The van der Waals surface area contributed by atoms with Crippen LogP contribution in [0.2, 0.25) is 5.02 Å². The second kappa shape index (κ2) is 11.1. The summed E-state index contributed by atoms with van der Waals surface area (Å²) in [5, 5.41) is 9.74. The molecule has 0 aliphatic carbocycles. The predicted molar refractivity (Wildman–Crippen MR) is 106 cm³/mol. The van der Waals surface area contributed by atoms with Gasteiger partial charge in [0.05, 0.1) is 5.02 Å². The van der Waals surface area contributed by atoms with Crippen LogP contribution in [0.1, 0.15) is 31.2 Å². The molecule has 3 N–H and O–H groups in total. The normalized spacial score (nSPS) is 12.2. The van der Waals surface area contributed by atoms with Crippen LogP contribution in [0.4, 0.5) is 5.82 Å². The van der Waals surface area contributed by atoms with Crippen LogP contribution in [0.5, 0.6) is 0 Å². The minimum atomic E-state index is -1.56. The SMILES string of the molecule is CN=C(NC)NCCCCCCNc1nccc(C(Cl)(Cl)Cl)c1Cl. The molecule has 1 aromatic heterocycles. The second-order valence-electron chi connectivity index (χ2n) is 5.11. The fraction of sp³-hybridized carbons (Fsp3) is 0.600. The number of alkyl halides is 3. The molecule has 136 valence electrons. The first kappa shape index (κ1) is 21.4. The van der Waals surface area contributed by atoms with Crippen molar-refractivity contribution in [3.8, 4) is 0 Å². The number of rotatable bonds is 8. The molecule has 0 unspecified atom stereocenters. The highest BCUT2D eigenvalue weighted by atomic mass is 35.6. The van der Waals surface area contributed by atoms with Gasteiger partial charge in [-0.2, -0.15) is 0 Å². The van der Waals surface area contributed by atoms with Crippen LogP contribution in [0.15, 0.2) is 17.3 Å². The van der Waals surface area contributed by atoms with E-state index in [1.807, 2.05) is 7.05 Å². The van der Waals surface area contributed by atoms with Gasteiger partial charge in [0.25, 0.3) is 0 Å². The number of aliphatic imine (C=N–C) groups is 1. The minimum Gasteiger partial charge on any atom is -0.369 e. The zero-order valence-corrected chi connectivity index (χ0v) is 16.8. The summed E-state index contributed by atoms with van der Waals surface area (Å²) < 4.78 is -1.56. The van der Waals surface area contributed by atoms with Crippen LogP contribution in [-0.2, 0) is 3.79 Å². The van der Waals surface area contributed by atoms with Gasteiger partial charge in [-0.3, -0.25) is 4.99 Å². The molecular weight excluding hydrogens is 392 g/mol. The summed E-state index contributed by atoms with van der Waals surface area (Å²) in [7, 11) is 3.60. The van der Waals surface area contributed by atoms with Gasteiger partial charge in [-0.05, 0) is 18.9 Å². The molecule has 0 atom stereocenters. The Morgan fingerprint density at radius 1 is 1.17 bits per heavy atom. The summed E-state index contributed by atoms with van der Waals surface area (Å²) in [4.78, 5) is 8.25. The molecule has 1 aromatic rings. The van der Waals surface area contributed by atoms with Crippen molar-refractivity contribution in [3.63, 3.8) is 0 Å². The van der Waals surface area contributed by atoms with Crippen molar-refractivity contribution in [2.75, 3.05) is 32.5 Å². The van der Waals surface area contributed by atoms with E-state index >= 15 is 0 Å². The molecule has 1 rings (SSSR count). The monoisotopic (exact) mass is 413 g/mol. The molecule has 0 aliphatic heterocycles. The Morgan fingerprint density at radius 2 is 1.83 bits per heavy atom. The van der Waals surface area contributed by atoms with E-state index in [0.717, 1.165) is 44.7 Å². The molecule has 0 saturated heterocycles. The number of nitrogens with zero attached hydrogens (tertiary/aromatic N) is 2. The van der Waals surface area contributed by atoms with Crippen LogP contribution in [0.25, 0.3) is 0 Å². The van der Waals surface area contributed by atoms with E-state index in [4.69, 9.17) is 46.4 Å². The van der Waals surface area contributed by atoms with Crippen LogP contribution in [0.3, 0.4) is 0 Å². The molecule has 0 aromatic carbocycles. The highest BCUT2D eigenvalue weighted by molar-refractivity contribution is 6.67. The van der Waals surface area contributed by atoms with Crippen LogP contribution < -0.4 is 16.0 Å². The Bertz CT molecular complexity index is 531. The number of hydrogen-bond donors (Lipinski definition) is 3. The third kappa shape index (κ3) is 7.51. The first-order chi connectivity index (χ1) is 11.4. The Labute approximate surface area is 163 Å². The number of unbranched alkanes of at least 4 members (excludes halogenated alkanes) is 3. The van der Waals surface area contributed by atoms with E-state index in [9.17, 15) is 0 Å². The van der Waals surface area contributed by atoms with E-state index in [1.165, 1.54) is 0 Å². The summed E-state index contributed by atoms with van der Waals surface area (Å²) in [6.45, 7) is 1.67. The van der Waals surface area contributed by atoms with E-state index in [-0.39, 0.29) is 0 Å². The molecular formula is C15H23Cl4N5. The third-order valence-electron chi connectivity index (χ3n) is 3.34. The molecule has 0 radical (unpaired) electrons. The van der Waals surface area contributed by atoms with Gasteiger partial charge in [0.2, 0.25) is 3.79 Å². The van der Waals surface area contributed by atoms with Crippen molar-refractivity contribution < 1.29 is 0 Å². The molecule has 5 nitrogen and oxygen atoms in total. The maximum atomic E-state index is 6.23. The largest absolute Gasteiger partial charge is 0.369 e. The number of guanidine groups is 1. The lowest BCUT2D eigenvalue weighted by Crippen LogP contribution is -2.35. The minimum absolute atomic E-state index is 0.347. The van der Waals surface area contributed by atoms with Gasteiger partial charge >= 0.3 is 0 Å². The average Bonchev–Trinajstić information content (AvgIpc) is 2.54. The van der Waals surface area contributed by atoms with E-state index in [1.54, 1.807) is 19.3 Å². The quantitative estimate of drug-likeness (QED) is 0.256. The standard InChI is InChI=1S/C15H23Cl4N5/c1-20-14(21-2)24-9-6-4-3-5-8-22-13-12(16)11(7-10-23-13)15(17,18)19/h7,10H,3-6,8-9H2,1-2H3,(H,22,23)(H2,20,21,24). The highest BCUT2D eigenvalue weighted by Gasteiger charge is 2.27. The van der Waals surface area contributed by atoms with Crippen molar-refractivity contribution in [2.24, 2.45) is 4.99 Å². The highest BCUT2D eigenvalue weighted by Crippen LogP contribution is 2.43. The second-order valence-corrected chi connectivity index (χ2v) is 7.77. The summed E-state index contributed by atoms with van der Waals surface area (Å²) in [6.07, 6.45) is 5.91. The molecule has 0 saturated carbocycles. The average molecular weight is 415 g/mol. The van der Waals surface area contributed by atoms with Gasteiger partial charge in [-0.1, -0.05) is 59.2 Å². The Balaban J connectivity index is 2.25. The number of anilines is 1. The van der Waals surface area contributed by atoms with Gasteiger partial charge in [0.15, 0.2) is 5.96 Å². The summed E-state index contributed by atoms with van der Waals surface area (Å²) in [5.74, 6) is 1.35. The lowest BCUT2D eigenvalue weighted by atomic mass is 10.2. The summed E-state index contributed by atoms with van der Waals surface area (Å²) in [6, 6.07) is 1.60. The first-order valence-electron chi connectivity index (χ1n) is 7.74. The molecule has 1 heterocycles. The van der Waals surface area contributed by atoms with Crippen LogP contribution >= 0.6 is 46.4 Å². The number of nitrogens with one attached hydrogen (secondary N) is 3. The molecule has 0 fully saturated rings. The van der Waals surface area contributed by atoms with Gasteiger partial charge < -0.3 is 16.0 Å². The van der Waals surface area contributed by atoms with Gasteiger partial charge in [-0.25, -0.2) is 4.98 Å². The molecule has 24 heavy (non-hydrogen) atoms. The van der Waals surface area contributed by atoms with Gasteiger partial charge in [-0.15, -0.1) is 0 Å². The number of hydrogen-bond acceptors (Lipinski definition) is 3. The maximum absolute atomic E-state index is 6.23. The maximum Gasteiger partial charge on any atom is 0.217 e. The lowest BCUT2D eigenvalue weighted by Gasteiger charge is -2.15. The number of aromatic nitrogens is 1. The zero-order valence-electron chi connectivity index (χ0n) is 13.8. The van der Waals surface area contributed by atoms with Crippen molar-refractivity contribution in [3.05, 3.63) is 22.8 Å². The van der Waals surface area contributed by atoms with Crippen molar-refractivity contribution in [2.45, 2.75) is 29.5 Å². The van der Waals surface area contributed by atoms with E-state index in [0.29, 0.717) is 16.4 Å². The lowest BCUT2D eigenvalue weighted by molar-refractivity contribution is 0.640. The Hall–Kier alpha value is -0.620. The van der Waals surface area contributed by atoms with Crippen LogP contribution in [0, 0.1) is 0 Å².